The zero-order chi connectivity index (χ0) is 9.57. The molecule has 5 heteroatoms. The molecule has 0 saturated carbocycles. The summed E-state index contributed by atoms with van der Waals surface area (Å²) in [6, 6.07) is 0.253. The van der Waals surface area contributed by atoms with Crippen LogP contribution in [0.3, 0.4) is 0 Å². The molecular weight excluding hydrogens is 177 g/mol. The smallest absolute Gasteiger partial charge is 0.300 e. The standard InChI is InChI=1S/C7H16NO3P/c1-6-7(2,3)8(6)12(9,10-4)11-5/h6H,1-5H3/t6-,8?/m1/s1. The van der Waals surface area contributed by atoms with E-state index >= 15 is 0 Å². The molecule has 12 heavy (non-hydrogen) atoms. The second kappa shape index (κ2) is 2.81. The number of nitrogens with zero attached hydrogens (tertiary/aromatic N) is 1. The zero-order valence-corrected chi connectivity index (χ0v) is 9.09. The van der Waals surface area contributed by atoms with Gasteiger partial charge in [-0.25, -0.2) is 4.57 Å². The Bertz CT molecular complexity index is 221. The average Bonchev–Trinajstić information content (AvgIpc) is 2.51. The van der Waals surface area contributed by atoms with Gasteiger partial charge in [0.15, 0.2) is 0 Å². The molecule has 1 aliphatic rings. The molecule has 0 aromatic heterocycles. The molecule has 1 rings (SSSR count). The summed E-state index contributed by atoms with van der Waals surface area (Å²) in [6.45, 7) is 6.04. The van der Waals surface area contributed by atoms with Gasteiger partial charge in [0, 0.05) is 25.8 Å². The van der Waals surface area contributed by atoms with E-state index in [2.05, 4.69) is 0 Å². The highest BCUT2D eigenvalue weighted by atomic mass is 31.2. The Kier molecular flexibility index (Phi) is 2.39. The van der Waals surface area contributed by atoms with Gasteiger partial charge in [-0.15, -0.1) is 0 Å². The highest BCUT2D eigenvalue weighted by molar-refractivity contribution is 7.51. The monoisotopic (exact) mass is 193 g/mol. The third kappa shape index (κ3) is 1.23. The van der Waals surface area contributed by atoms with Crippen molar-refractivity contribution >= 4 is 7.75 Å². The SMILES string of the molecule is COP(=O)(OC)N1[C@H](C)C1(C)C. The van der Waals surface area contributed by atoms with Crippen LogP contribution in [0, 0.1) is 0 Å². The minimum absolute atomic E-state index is 0.0679. The molecule has 0 aromatic carbocycles. The summed E-state index contributed by atoms with van der Waals surface area (Å²) < 4.78 is 23.3. The van der Waals surface area contributed by atoms with Crippen molar-refractivity contribution in [3.63, 3.8) is 0 Å². The van der Waals surface area contributed by atoms with Gasteiger partial charge in [0.05, 0.1) is 0 Å². The predicted octanol–water partition coefficient (Wildman–Crippen LogP) is 1.87. The van der Waals surface area contributed by atoms with Gasteiger partial charge >= 0.3 is 7.75 Å². The highest BCUT2D eigenvalue weighted by Crippen LogP contribution is 2.65. The fourth-order valence-corrected chi connectivity index (χ4v) is 3.39. The minimum atomic E-state index is -2.99. The van der Waals surface area contributed by atoms with Crippen molar-refractivity contribution in [2.45, 2.75) is 32.4 Å². The van der Waals surface area contributed by atoms with Gasteiger partial charge in [-0.05, 0) is 20.8 Å². The normalized spacial score (nSPS) is 33.4. The molecule has 0 bridgehead atoms. The molecular formula is C7H16NO3P. The first kappa shape index (κ1) is 10.2. The van der Waals surface area contributed by atoms with Gasteiger partial charge in [0.1, 0.15) is 0 Å². The van der Waals surface area contributed by atoms with Gasteiger partial charge in [0.25, 0.3) is 0 Å². The van der Waals surface area contributed by atoms with Gasteiger partial charge < -0.3 is 0 Å². The zero-order valence-electron chi connectivity index (χ0n) is 8.20. The van der Waals surface area contributed by atoms with Crippen molar-refractivity contribution < 1.29 is 13.6 Å². The summed E-state index contributed by atoms with van der Waals surface area (Å²) in [5.41, 5.74) is -0.0679. The molecule has 72 valence electrons. The topological polar surface area (TPSA) is 38.5 Å². The molecule has 1 aliphatic heterocycles. The van der Waals surface area contributed by atoms with E-state index in [9.17, 15) is 4.57 Å². The Balaban J connectivity index is 2.80. The first-order valence-corrected chi connectivity index (χ1v) is 5.41. The number of hydrogen-bond donors (Lipinski definition) is 0. The van der Waals surface area contributed by atoms with E-state index in [-0.39, 0.29) is 11.6 Å². The molecule has 1 saturated heterocycles. The Hall–Kier alpha value is 0.110. The lowest BCUT2D eigenvalue weighted by molar-refractivity contribution is 0.238. The van der Waals surface area contributed by atoms with E-state index in [1.165, 1.54) is 14.2 Å². The molecule has 4 nitrogen and oxygen atoms in total. The van der Waals surface area contributed by atoms with Crippen LogP contribution in [0.5, 0.6) is 0 Å². The molecule has 0 radical (unpaired) electrons. The quantitative estimate of drug-likeness (QED) is 0.506. The van der Waals surface area contributed by atoms with Gasteiger partial charge in [-0.3, -0.25) is 9.05 Å². The van der Waals surface area contributed by atoms with Crippen molar-refractivity contribution in [3.05, 3.63) is 0 Å². The Morgan fingerprint density at radius 1 is 1.33 bits per heavy atom. The van der Waals surface area contributed by atoms with E-state index in [4.69, 9.17) is 9.05 Å². The Labute approximate surface area is 73.4 Å². The van der Waals surface area contributed by atoms with Crippen LogP contribution in [-0.4, -0.2) is 30.5 Å². The molecule has 1 unspecified atom stereocenters. The van der Waals surface area contributed by atoms with Crippen LogP contribution in [0.25, 0.3) is 0 Å². The maximum atomic E-state index is 11.8. The van der Waals surface area contributed by atoms with Crippen molar-refractivity contribution in [2.24, 2.45) is 0 Å². The second-order valence-electron chi connectivity index (χ2n) is 3.51. The van der Waals surface area contributed by atoms with E-state index in [0.29, 0.717) is 0 Å². The summed E-state index contributed by atoms with van der Waals surface area (Å²) in [6.07, 6.45) is 0. The van der Waals surface area contributed by atoms with E-state index < -0.39 is 7.75 Å². The van der Waals surface area contributed by atoms with Gasteiger partial charge in [-0.1, -0.05) is 0 Å². The van der Waals surface area contributed by atoms with Crippen LogP contribution in [0.2, 0.25) is 0 Å². The Morgan fingerprint density at radius 3 is 1.75 bits per heavy atom. The lowest BCUT2D eigenvalue weighted by atomic mass is 10.2. The summed E-state index contributed by atoms with van der Waals surface area (Å²) in [5.74, 6) is 0. The molecule has 1 fully saturated rings. The summed E-state index contributed by atoms with van der Waals surface area (Å²) in [7, 11) is -0.170. The van der Waals surface area contributed by atoms with Crippen molar-refractivity contribution in [1.82, 2.24) is 4.67 Å². The predicted molar refractivity (Wildman–Crippen MR) is 47.0 cm³/mol. The molecule has 1 heterocycles. The summed E-state index contributed by atoms with van der Waals surface area (Å²) in [4.78, 5) is 0. The van der Waals surface area contributed by atoms with Gasteiger partial charge in [-0.2, -0.15) is 4.67 Å². The third-order valence-corrected chi connectivity index (χ3v) is 4.95. The molecule has 0 aromatic rings. The lowest BCUT2D eigenvalue weighted by Gasteiger charge is -2.16. The average molecular weight is 193 g/mol. The van der Waals surface area contributed by atoms with Crippen molar-refractivity contribution in [1.29, 1.82) is 0 Å². The maximum absolute atomic E-state index is 11.8. The van der Waals surface area contributed by atoms with Gasteiger partial charge in [0.2, 0.25) is 0 Å². The van der Waals surface area contributed by atoms with Crippen molar-refractivity contribution in [3.8, 4) is 0 Å². The van der Waals surface area contributed by atoms with E-state index in [0.717, 1.165) is 0 Å². The van der Waals surface area contributed by atoms with Crippen molar-refractivity contribution in [2.75, 3.05) is 14.2 Å². The molecule has 0 N–H and O–H groups in total. The van der Waals surface area contributed by atoms with E-state index in [1.54, 1.807) is 4.67 Å². The largest absolute Gasteiger partial charge is 0.408 e. The third-order valence-electron chi connectivity index (χ3n) is 2.64. The van der Waals surface area contributed by atoms with E-state index in [1.807, 2.05) is 20.8 Å². The number of hydrogen-bond acceptors (Lipinski definition) is 3. The second-order valence-corrected chi connectivity index (χ2v) is 5.61. The van der Waals surface area contributed by atoms with Crippen LogP contribution in [0.1, 0.15) is 20.8 Å². The summed E-state index contributed by atoms with van der Waals surface area (Å²) >= 11 is 0. The molecule has 2 atom stereocenters. The minimum Gasteiger partial charge on any atom is -0.300 e. The number of rotatable bonds is 3. The molecule has 0 aliphatic carbocycles. The molecule has 0 spiro atoms. The highest BCUT2D eigenvalue weighted by Gasteiger charge is 2.62. The fraction of sp³-hybridized carbons (Fsp3) is 1.00. The fourth-order valence-electron chi connectivity index (χ4n) is 1.44. The first-order valence-electron chi connectivity index (χ1n) is 3.91. The molecule has 0 amide bonds. The Morgan fingerprint density at radius 2 is 1.67 bits per heavy atom. The lowest BCUT2D eigenvalue weighted by Crippen LogP contribution is -2.08. The van der Waals surface area contributed by atoms with Crippen LogP contribution >= 0.6 is 7.75 Å². The van der Waals surface area contributed by atoms with Crippen LogP contribution in [-0.2, 0) is 13.6 Å². The maximum Gasteiger partial charge on any atom is 0.408 e. The summed E-state index contributed by atoms with van der Waals surface area (Å²) in [5, 5.41) is 0. The van der Waals surface area contributed by atoms with Crippen LogP contribution < -0.4 is 0 Å². The van der Waals surface area contributed by atoms with Crippen LogP contribution in [0.4, 0.5) is 0 Å². The first-order chi connectivity index (χ1) is 5.40. The van der Waals surface area contributed by atoms with Crippen LogP contribution in [0.15, 0.2) is 0 Å².